The molecule has 0 aromatic heterocycles. The molecule has 0 heterocycles. The molecular formula is C15H14BrClN2O. The van der Waals surface area contributed by atoms with E-state index in [2.05, 4.69) is 21.2 Å². The number of rotatable bonds is 4. The molecule has 1 atom stereocenters. The second kappa shape index (κ2) is 6.88. The van der Waals surface area contributed by atoms with Gasteiger partial charge in [0.05, 0.1) is 16.8 Å². The van der Waals surface area contributed by atoms with E-state index in [1.54, 1.807) is 12.1 Å². The number of nitrogens with one attached hydrogen (secondary N) is 1. The highest BCUT2D eigenvalue weighted by atomic mass is 79.9. The van der Waals surface area contributed by atoms with Crippen molar-refractivity contribution in [3.63, 3.8) is 0 Å². The van der Waals surface area contributed by atoms with E-state index in [1.165, 1.54) is 0 Å². The summed E-state index contributed by atoms with van der Waals surface area (Å²) in [5.74, 6) is -0.256. The number of amides is 1. The van der Waals surface area contributed by atoms with Crippen LogP contribution in [0.5, 0.6) is 0 Å². The Kier molecular flexibility index (Phi) is 5.17. The summed E-state index contributed by atoms with van der Waals surface area (Å²) >= 11 is 9.36. The maximum absolute atomic E-state index is 12.1. The Morgan fingerprint density at radius 1 is 1.25 bits per heavy atom. The van der Waals surface area contributed by atoms with E-state index < -0.39 is 6.04 Å². The maximum atomic E-state index is 12.1. The molecule has 0 fully saturated rings. The molecule has 0 aliphatic carbocycles. The van der Waals surface area contributed by atoms with E-state index in [9.17, 15) is 4.79 Å². The molecule has 0 spiro atoms. The summed E-state index contributed by atoms with van der Waals surface area (Å²) in [5, 5.41) is 3.23. The highest BCUT2D eigenvalue weighted by Crippen LogP contribution is 2.25. The zero-order valence-electron chi connectivity index (χ0n) is 10.6. The van der Waals surface area contributed by atoms with Crippen LogP contribution in [0.3, 0.4) is 0 Å². The molecule has 5 heteroatoms. The van der Waals surface area contributed by atoms with Crippen LogP contribution in [0.15, 0.2) is 53.0 Å². The predicted octanol–water partition coefficient (Wildman–Crippen LogP) is 3.61. The van der Waals surface area contributed by atoms with Crippen molar-refractivity contribution in [2.24, 2.45) is 5.73 Å². The van der Waals surface area contributed by atoms with Crippen molar-refractivity contribution in [3.8, 4) is 0 Å². The fourth-order valence-electron chi connectivity index (χ4n) is 1.78. The molecule has 3 N–H and O–H groups in total. The van der Waals surface area contributed by atoms with E-state index in [0.717, 1.165) is 10.0 Å². The zero-order chi connectivity index (χ0) is 14.5. The highest BCUT2D eigenvalue weighted by Gasteiger charge is 2.15. The van der Waals surface area contributed by atoms with Crippen molar-refractivity contribution in [2.45, 2.75) is 12.5 Å². The summed E-state index contributed by atoms with van der Waals surface area (Å²) in [6, 6.07) is 14.3. The van der Waals surface area contributed by atoms with Crippen LogP contribution in [-0.4, -0.2) is 11.9 Å². The standard InChI is InChI=1S/C15H14BrClN2O/c16-11-6-7-12(17)14(9-11)19-15(20)13(18)8-10-4-2-1-3-5-10/h1-7,9,13H,8,18H2,(H,19,20)/t13-/m0/s1. The average Bonchev–Trinajstić information content (AvgIpc) is 2.44. The van der Waals surface area contributed by atoms with Crippen LogP contribution in [0.25, 0.3) is 0 Å². The summed E-state index contributed by atoms with van der Waals surface area (Å²) < 4.78 is 0.842. The first-order chi connectivity index (χ1) is 9.56. The van der Waals surface area contributed by atoms with Gasteiger partial charge in [-0.15, -0.1) is 0 Å². The summed E-state index contributed by atoms with van der Waals surface area (Å²) in [7, 11) is 0. The lowest BCUT2D eigenvalue weighted by molar-refractivity contribution is -0.117. The molecule has 0 aliphatic rings. The van der Waals surface area contributed by atoms with Crippen molar-refractivity contribution in [2.75, 3.05) is 5.32 Å². The zero-order valence-corrected chi connectivity index (χ0v) is 13.0. The topological polar surface area (TPSA) is 55.1 Å². The molecule has 104 valence electrons. The Hall–Kier alpha value is -1.36. The van der Waals surface area contributed by atoms with E-state index in [-0.39, 0.29) is 5.91 Å². The third-order valence-electron chi connectivity index (χ3n) is 2.82. The van der Waals surface area contributed by atoms with Crippen LogP contribution in [0.4, 0.5) is 5.69 Å². The molecule has 0 aliphatic heterocycles. The summed E-state index contributed by atoms with van der Waals surface area (Å²) in [6.45, 7) is 0. The van der Waals surface area contributed by atoms with Gasteiger partial charge in [-0.3, -0.25) is 4.79 Å². The van der Waals surface area contributed by atoms with Gasteiger partial charge in [-0.25, -0.2) is 0 Å². The Labute approximate surface area is 131 Å². The van der Waals surface area contributed by atoms with Gasteiger partial charge >= 0.3 is 0 Å². The lowest BCUT2D eigenvalue weighted by Gasteiger charge is -2.13. The molecule has 0 radical (unpaired) electrons. The third kappa shape index (κ3) is 4.07. The lowest BCUT2D eigenvalue weighted by Crippen LogP contribution is -2.37. The first-order valence-corrected chi connectivity index (χ1v) is 7.29. The maximum Gasteiger partial charge on any atom is 0.241 e. The molecule has 3 nitrogen and oxygen atoms in total. The Morgan fingerprint density at radius 3 is 2.65 bits per heavy atom. The van der Waals surface area contributed by atoms with Crippen molar-refractivity contribution in [1.82, 2.24) is 0 Å². The second-order valence-corrected chi connectivity index (χ2v) is 5.73. The number of carbonyl (C=O) groups is 1. The van der Waals surface area contributed by atoms with Gasteiger partial charge in [0, 0.05) is 4.47 Å². The molecule has 2 aromatic rings. The summed E-state index contributed by atoms with van der Waals surface area (Å²) in [5.41, 5.74) is 7.49. The van der Waals surface area contributed by atoms with Crippen molar-refractivity contribution in [1.29, 1.82) is 0 Å². The summed E-state index contributed by atoms with van der Waals surface area (Å²) in [6.07, 6.45) is 0.484. The second-order valence-electron chi connectivity index (χ2n) is 4.41. The monoisotopic (exact) mass is 352 g/mol. The van der Waals surface area contributed by atoms with Gasteiger partial charge in [-0.05, 0) is 30.2 Å². The number of hydrogen-bond donors (Lipinski definition) is 2. The number of benzene rings is 2. The van der Waals surface area contributed by atoms with E-state index in [4.69, 9.17) is 17.3 Å². The van der Waals surface area contributed by atoms with Crippen molar-refractivity contribution < 1.29 is 4.79 Å². The average molecular weight is 354 g/mol. The minimum absolute atomic E-state index is 0.256. The quantitative estimate of drug-likeness (QED) is 0.882. The molecule has 0 saturated heterocycles. The van der Waals surface area contributed by atoms with Crippen molar-refractivity contribution >= 4 is 39.1 Å². The van der Waals surface area contributed by atoms with Gasteiger partial charge in [0.25, 0.3) is 0 Å². The molecule has 0 bridgehead atoms. The van der Waals surface area contributed by atoms with Gasteiger partial charge in [-0.1, -0.05) is 57.9 Å². The largest absolute Gasteiger partial charge is 0.323 e. The number of hydrogen-bond acceptors (Lipinski definition) is 2. The van der Waals surface area contributed by atoms with Crippen LogP contribution >= 0.6 is 27.5 Å². The van der Waals surface area contributed by atoms with Gasteiger partial charge in [0.2, 0.25) is 5.91 Å². The van der Waals surface area contributed by atoms with E-state index >= 15 is 0 Å². The van der Waals surface area contributed by atoms with Crippen LogP contribution < -0.4 is 11.1 Å². The smallest absolute Gasteiger partial charge is 0.241 e. The van der Waals surface area contributed by atoms with Gasteiger partial charge in [-0.2, -0.15) is 0 Å². The minimum Gasteiger partial charge on any atom is -0.323 e. The normalized spacial score (nSPS) is 11.9. The SMILES string of the molecule is N[C@@H](Cc1ccccc1)C(=O)Nc1cc(Br)ccc1Cl. The number of anilines is 1. The minimum atomic E-state index is -0.618. The van der Waals surface area contributed by atoms with Crippen molar-refractivity contribution in [3.05, 3.63) is 63.6 Å². The third-order valence-corrected chi connectivity index (χ3v) is 3.64. The lowest BCUT2D eigenvalue weighted by atomic mass is 10.1. The fraction of sp³-hybridized carbons (Fsp3) is 0.133. The first-order valence-electron chi connectivity index (χ1n) is 6.11. The van der Waals surface area contributed by atoms with Crippen LogP contribution in [0.1, 0.15) is 5.56 Å². The van der Waals surface area contributed by atoms with Crippen LogP contribution in [0, 0.1) is 0 Å². The van der Waals surface area contributed by atoms with Gasteiger partial charge in [0.15, 0.2) is 0 Å². The number of carbonyl (C=O) groups excluding carboxylic acids is 1. The Bertz CT molecular complexity index is 604. The van der Waals surface area contributed by atoms with E-state index in [1.807, 2.05) is 36.4 Å². The van der Waals surface area contributed by atoms with Gasteiger partial charge in [0.1, 0.15) is 0 Å². The molecule has 0 saturated carbocycles. The molecular weight excluding hydrogens is 340 g/mol. The molecule has 2 rings (SSSR count). The fourth-order valence-corrected chi connectivity index (χ4v) is 2.31. The molecule has 2 aromatic carbocycles. The van der Waals surface area contributed by atoms with Gasteiger partial charge < -0.3 is 11.1 Å². The first kappa shape index (κ1) is 15.0. The molecule has 0 unspecified atom stereocenters. The Morgan fingerprint density at radius 2 is 1.95 bits per heavy atom. The van der Waals surface area contributed by atoms with Crippen LogP contribution in [-0.2, 0) is 11.2 Å². The highest BCUT2D eigenvalue weighted by molar-refractivity contribution is 9.10. The predicted molar refractivity (Wildman–Crippen MR) is 85.9 cm³/mol. The summed E-state index contributed by atoms with van der Waals surface area (Å²) in [4.78, 5) is 12.1. The van der Waals surface area contributed by atoms with E-state index in [0.29, 0.717) is 17.1 Å². The Balaban J connectivity index is 2.02. The number of halogens is 2. The van der Waals surface area contributed by atoms with Crippen LogP contribution in [0.2, 0.25) is 5.02 Å². The molecule has 20 heavy (non-hydrogen) atoms. The number of nitrogens with two attached hydrogens (primary N) is 1. The molecule has 1 amide bonds.